The van der Waals surface area contributed by atoms with Gasteiger partial charge in [-0.15, -0.1) is 10.2 Å². The van der Waals surface area contributed by atoms with Gasteiger partial charge in [-0.2, -0.15) is 10.5 Å². The third kappa shape index (κ3) is 2.10. The Morgan fingerprint density at radius 1 is 0.905 bits per heavy atom. The van der Waals surface area contributed by atoms with Crippen molar-refractivity contribution in [3.8, 4) is 12.1 Å². The van der Waals surface area contributed by atoms with Gasteiger partial charge in [0.25, 0.3) is 0 Å². The summed E-state index contributed by atoms with van der Waals surface area (Å²) in [4.78, 5) is 0. The highest BCUT2D eigenvalue weighted by atomic mass is 28.4. The molecular formula is C12H18N6O2Si. The summed E-state index contributed by atoms with van der Waals surface area (Å²) < 4.78 is 14.8. The van der Waals surface area contributed by atoms with E-state index in [-0.39, 0.29) is 0 Å². The first-order valence-corrected chi connectivity index (χ1v) is 8.22. The predicted octanol–water partition coefficient (Wildman–Crippen LogP) is 1.36. The molecule has 0 aromatic carbocycles. The fourth-order valence-electron chi connectivity index (χ4n) is 2.17. The summed E-state index contributed by atoms with van der Waals surface area (Å²) >= 11 is 0. The smallest absolute Gasteiger partial charge is 0.466 e. The van der Waals surface area contributed by atoms with Crippen LogP contribution in [0.25, 0.3) is 0 Å². The molecule has 112 valence electrons. The van der Waals surface area contributed by atoms with Crippen LogP contribution in [0.2, 0.25) is 0 Å². The second-order valence-electron chi connectivity index (χ2n) is 5.96. The molecule has 0 N–H and O–H groups in total. The van der Waals surface area contributed by atoms with Crippen molar-refractivity contribution in [3.63, 3.8) is 0 Å². The number of nitriles is 2. The first-order valence-electron chi connectivity index (χ1n) is 6.51. The molecule has 0 saturated carbocycles. The molecule has 0 fully saturated rings. The lowest BCUT2D eigenvalue weighted by Crippen LogP contribution is -2.70. The maximum Gasteiger partial charge on any atom is 0.762 e. The molecule has 2 aliphatic rings. The summed E-state index contributed by atoms with van der Waals surface area (Å²) in [5, 5.41) is 27.5. The summed E-state index contributed by atoms with van der Waals surface area (Å²) in [6.45, 7) is 10.3. The number of hydrogen-bond donors (Lipinski definition) is 0. The minimum absolute atomic E-state index is 0.397. The van der Waals surface area contributed by atoms with Gasteiger partial charge in [-0.25, -0.2) is 9.35 Å². The van der Waals surface area contributed by atoms with Crippen LogP contribution < -0.4 is 0 Å². The lowest BCUT2D eigenvalue weighted by atomic mass is 10.1. The van der Waals surface area contributed by atoms with Crippen molar-refractivity contribution < 1.29 is 8.85 Å². The minimum atomic E-state index is -3.35. The summed E-state index contributed by atoms with van der Waals surface area (Å²) in [7, 11) is -3.35. The normalized spacial score (nSPS) is 20.4. The maximum atomic E-state index is 9.43. The molecule has 2 rings (SSSR count). The molecular weight excluding hydrogens is 288 g/mol. The molecule has 1 spiro atoms. The van der Waals surface area contributed by atoms with Crippen LogP contribution in [0.3, 0.4) is 0 Å². The van der Waals surface area contributed by atoms with E-state index in [0.717, 1.165) is 0 Å². The largest absolute Gasteiger partial charge is 0.762 e. The highest BCUT2D eigenvalue weighted by Gasteiger charge is 2.72. The van der Waals surface area contributed by atoms with Gasteiger partial charge in [0.2, 0.25) is 0 Å². The van der Waals surface area contributed by atoms with Gasteiger partial charge in [0.05, 0.1) is 12.1 Å². The van der Waals surface area contributed by atoms with E-state index in [9.17, 15) is 10.5 Å². The highest BCUT2D eigenvalue weighted by Crippen LogP contribution is 2.39. The van der Waals surface area contributed by atoms with Gasteiger partial charge in [0, 0.05) is 13.8 Å². The first-order chi connectivity index (χ1) is 9.59. The topological polar surface area (TPSA) is 97.2 Å². The molecule has 8 nitrogen and oxygen atoms in total. The van der Waals surface area contributed by atoms with Crippen LogP contribution in [0.1, 0.15) is 41.5 Å². The molecule has 0 aromatic rings. The van der Waals surface area contributed by atoms with Gasteiger partial charge in [0.15, 0.2) is 11.8 Å². The Balaban J connectivity index is 2.56. The molecule has 2 aliphatic heterocycles. The van der Waals surface area contributed by atoms with Gasteiger partial charge in [-0.05, 0) is 27.7 Å². The molecule has 9 heteroatoms. The van der Waals surface area contributed by atoms with E-state index in [0.29, 0.717) is 11.8 Å². The van der Waals surface area contributed by atoms with Crippen molar-refractivity contribution in [1.82, 2.24) is 9.35 Å². The SMILES string of the molecule is CC1=NN(C(C)(C)C#N)[Si]2(O1)OC(C)=NN2C(C)(C)C#N. The standard InChI is InChI=1S/C12H18N6O2Si/c1-9-15-17(11(3,4)7-13)21(19-9)18(12(5,6)8-14)16-10(2)20-21/h1-6H3. The van der Waals surface area contributed by atoms with Crippen molar-refractivity contribution in [1.29, 1.82) is 10.5 Å². The van der Waals surface area contributed by atoms with Crippen LogP contribution >= 0.6 is 0 Å². The summed E-state index contributed by atoms with van der Waals surface area (Å²) in [6, 6.07) is 4.39. The van der Waals surface area contributed by atoms with Gasteiger partial charge >= 0.3 is 8.88 Å². The zero-order valence-corrected chi connectivity index (χ0v) is 14.0. The zero-order chi connectivity index (χ0) is 16.1. The lowest BCUT2D eigenvalue weighted by Gasteiger charge is -2.40. The second kappa shape index (κ2) is 4.37. The van der Waals surface area contributed by atoms with Crippen molar-refractivity contribution in [2.45, 2.75) is 52.6 Å². The number of nitrogens with zero attached hydrogens (tertiary/aromatic N) is 6. The summed E-state index contributed by atoms with van der Waals surface area (Å²) in [6.07, 6.45) is 0. The van der Waals surface area contributed by atoms with E-state index in [2.05, 4.69) is 22.3 Å². The highest BCUT2D eigenvalue weighted by molar-refractivity contribution is 6.67. The molecule has 21 heavy (non-hydrogen) atoms. The first kappa shape index (κ1) is 15.1. The van der Waals surface area contributed by atoms with E-state index >= 15 is 0 Å². The van der Waals surface area contributed by atoms with Crippen LogP contribution in [0.4, 0.5) is 0 Å². The van der Waals surface area contributed by atoms with Gasteiger partial charge < -0.3 is 8.85 Å². The van der Waals surface area contributed by atoms with Crippen LogP contribution in [0.15, 0.2) is 10.2 Å². The molecule has 0 unspecified atom stereocenters. The maximum absolute atomic E-state index is 9.43. The molecule has 0 atom stereocenters. The monoisotopic (exact) mass is 306 g/mol. The fourth-order valence-corrected chi connectivity index (χ4v) is 5.63. The third-order valence-corrected chi connectivity index (χ3v) is 6.70. The van der Waals surface area contributed by atoms with E-state index in [1.54, 1.807) is 41.5 Å². The fraction of sp³-hybridized carbons (Fsp3) is 0.667. The van der Waals surface area contributed by atoms with E-state index in [1.165, 1.54) is 9.35 Å². The summed E-state index contributed by atoms with van der Waals surface area (Å²) in [5.74, 6) is 0.794. The van der Waals surface area contributed by atoms with Crippen LogP contribution in [0, 0.1) is 22.7 Å². The molecule has 0 saturated heterocycles. The predicted molar refractivity (Wildman–Crippen MR) is 77.2 cm³/mol. The molecule has 0 bridgehead atoms. The Bertz CT molecular complexity index is 558. The van der Waals surface area contributed by atoms with Crippen molar-refractivity contribution in [2.24, 2.45) is 10.2 Å². The Morgan fingerprint density at radius 3 is 1.52 bits per heavy atom. The Labute approximate surface area is 125 Å². The van der Waals surface area contributed by atoms with Crippen molar-refractivity contribution in [3.05, 3.63) is 0 Å². The molecule has 0 aliphatic carbocycles. The second-order valence-corrected chi connectivity index (χ2v) is 8.31. The van der Waals surface area contributed by atoms with Crippen LogP contribution in [-0.4, -0.2) is 41.1 Å². The quantitative estimate of drug-likeness (QED) is 0.714. The number of hydrazone groups is 2. The van der Waals surface area contributed by atoms with E-state index in [4.69, 9.17) is 8.85 Å². The minimum Gasteiger partial charge on any atom is -0.466 e. The van der Waals surface area contributed by atoms with Crippen LogP contribution in [-0.2, 0) is 8.85 Å². The van der Waals surface area contributed by atoms with Gasteiger partial charge in [-0.3, -0.25) is 0 Å². The Hall–Kier alpha value is -2.26. The van der Waals surface area contributed by atoms with E-state index in [1.807, 2.05) is 0 Å². The third-order valence-electron chi connectivity index (χ3n) is 3.18. The van der Waals surface area contributed by atoms with E-state index < -0.39 is 20.0 Å². The molecule has 2 heterocycles. The average molecular weight is 306 g/mol. The summed E-state index contributed by atoms with van der Waals surface area (Å²) in [5.41, 5.74) is -1.90. The Kier molecular flexibility index (Phi) is 3.15. The lowest BCUT2D eigenvalue weighted by molar-refractivity contribution is 0.131. The van der Waals surface area contributed by atoms with Crippen molar-refractivity contribution in [2.75, 3.05) is 0 Å². The van der Waals surface area contributed by atoms with Crippen molar-refractivity contribution >= 4 is 20.7 Å². The number of hydrogen-bond acceptors (Lipinski definition) is 8. The zero-order valence-electron chi connectivity index (χ0n) is 13.0. The van der Waals surface area contributed by atoms with Crippen LogP contribution in [0.5, 0.6) is 0 Å². The average Bonchev–Trinajstić information content (AvgIpc) is 2.90. The van der Waals surface area contributed by atoms with Gasteiger partial charge in [0.1, 0.15) is 11.1 Å². The molecule has 0 aromatic heterocycles. The molecule has 0 radical (unpaired) electrons. The molecule has 0 amide bonds. The Morgan fingerprint density at radius 2 is 1.24 bits per heavy atom. The number of rotatable bonds is 2. The van der Waals surface area contributed by atoms with Gasteiger partial charge in [-0.1, -0.05) is 0 Å².